The van der Waals surface area contributed by atoms with E-state index >= 15 is 0 Å². The van der Waals surface area contributed by atoms with Gasteiger partial charge in [0.25, 0.3) is 0 Å². The number of carboxylic acid groups (broad SMARTS) is 1. The van der Waals surface area contributed by atoms with Gasteiger partial charge in [-0.2, -0.15) is 15.8 Å². The second-order valence-electron chi connectivity index (χ2n) is 8.80. The number of aromatic nitrogens is 3. The minimum atomic E-state index is -1.33. The van der Waals surface area contributed by atoms with Crippen LogP contribution >= 0.6 is 0 Å². The molecular weight excluding hydrogens is 512 g/mol. The molecule has 0 fully saturated rings. The quantitative estimate of drug-likeness (QED) is 0.191. The lowest BCUT2D eigenvalue weighted by Gasteiger charge is -2.11. The Balaban J connectivity index is 1.77. The van der Waals surface area contributed by atoms with Crippen LogP contribution in [0.15, 0.2) is 90.5 Å². The van der Waals surface area contributed by atoms with Gasteiger partial charge in [0.2, 0.25) is 0 Å². The van der Waals surface area contributed by atoms with Crippen LogP contribution in [0.25, 0.3) is 62.8 Å². The fourth-order valence-corrected chi connectivity index (χ4v) is 4.39. The van der Waals surface area contributed by atoms with E-state index in [1.54, 1.807) is 54.6 Å². The largest absolute Gasteiger partial charge is 0.477 e. The summed E-state index contributed by atoms with van der Waals surface area (Å²) >= 11 is 0. The van der Waals surface area contributed by atoms with Crippen LogP contribution in [0.5, 0.6) is 0 Å². The molecule has 2 aromatic carbocycles. The first-order chi connectivity index (χ1) is 20.0. The summed E-state index contributed by atoms with van der Waals surface area (Å²) in [6.45, 7) is 0. The zero-order chi connectivity index (χ0) is 28.8. The number of para-hydroxylation sites is 2. The van der Waals surface area contributed by atoms with Crippen molar-refractivity contribution in [1.82, 2.24) is 15.0 Å². The highest BCUT2D eigenvalue weighted by Crippen LogP contribution is 2.30. The van der Waals surface area contributed by atoms with Gasteiger partial charge in [0.15, 0.2) is 0 Å². The summed E-state index contributed by atoms with van der Waals surface area (Å²) in [6.07, 6.45) is 7.43. The molecule has 0 bridgehead atoms. The Hall–Kier alpha value is -6.43. The Morgan fingerprint density at radius 2 is 1.20 bits per heavy atom. The van der Waals surface area contributed by atoms with Crippen LogP contribution in [0.4, 0.5) is 0 Å². The fraction of sp³-hybridized carbons (Fsp3) is 0. The Labute approximate surface area is 234 Å². The first kappa shape index (κ1) is 26.2. The van der Waals surface area contributed by atoms with Crippen molar-refractivity contribution in [2.75, 3.05) is 0 Å². The van der Waals surface area contributed by atoms with E-state index < -0.39 is 11.5 Å². The van der Waals surface area contributed by atoms with Crippen molar-refractivity contribution in [2.45, 2.75) is 0 Å². The van der Waals surface area contributed by atoms with Crippen molar-refractivity contribution in [3.63, 3.8) is 0 Å². The molecule has 0 spiro atoms. The van der Waals surface area contributed by atoms with Crippen molar-refractivity contribution >= 4 is 46.0 Å². The predicted octanol–water partition coefficient (Wildman–Crippen LogP) is 6.58. The Bertz CT molecular complexity index is 2070. The number of aliphatic carboxylic acids is 1. The third kappa shape index (κ3) is 5.56. The number of benzene rings is 2. The molecule has 0 saturated heterocycles. The molecule has 3 aromatic heterocycles. The zero-order valence-electron chi connectivity index (χ0n) is 21.4. The van der Waals surface area contributed by atoms with Gasteiger partial charge in [-0.3, -0.25) is 0 Å². The number of hydrogen-bond acceptors (Lipinski definition) is 7. The molecule has 41 heavy (non-hydrogen) atoms. The fourth-order valence-electron chi connectivity index (χ4n) is 4.39. The highest BCUT2D eigenvalue weighted by molar-refractivity contribution is 6.00. The van der Waals surface area contributed by atoms with E-state index in [0.717, 1.165) is 16.5 Å². The summed E-state index contributed by atoms with van der Waals surface area (Å²) in [7, 11) is 0. The van der Waals surface area contributed by atoms with Gasteiger partial charge in [-0.05, 0) is 71.3 Å². The van der Waals surface area contributed by atoms with Gasteiger partial charge >= 0.3 is 5.97 Å². The average molecular weight is 531 g/mol. The molecule has 3 heterocycles. The summed E-state index contributed by atoms with van der Waals surface area (Å²) in [5.41, 5.74) is 4.82. The molecule has 0 aliphatic rings. The van der Waals surface area contributed by atoms with E-state index in [2.05, 4.69) is 0 Å². The van der Waals surface area contributed by atoms with E-state index in [1.807, 2.05) is 48.5 Å². The topological polar surface area (TPSA) is 147 Å². The SMILES string of the molecule is N#C/C=C\c1cc(-c2cc(/C=C\C#N)c3ccccc3n2)nc(-c2cc(/C=C(\C#N)C(=O)O)c3ccccc3n2)c1. The number of allylic oxidation sites excluding steroid dienone is 2. The lowest BCUT2D eigenvalue weighted by atomic mass is 10.0. The number of carbonyl (C=O) groups is 1. The number of nitrogens with zero attached hydrogens (tertiary/aromatic N) is 6. The van der Waals surface area contributed by atoms with Gasteiger partial charge in [-0.25, -0.2) is 19.7 Å². The van der Waals surface area contributed by atoms with Crippen molar-refractivity contribution in [3.8, 4) is 41.0 Å². The van der Waals surface area contributed by atoms with Gasteiger partial charge in [0, 0.05) is 22.9 Å². The summed E-state index contributed by atoms with van der Waals surface area (Å²) in [6, 6.07) is 27.6. The van der Waals surface area contributed by atoms with Gasteiger partial charge in [0.1, 0.15) is 11.6 Å². The van der Waals surface area contributed by atoms with E-state index in [9.17, 15) is 15.2 Å². The van der Waals surface area contributed by atoms with Crippen LogP contribution in [0.1, 0.15) is 16.7 Å². The second kappa shape index (κ2) is 11.5. The molecular formula is C33H18N6O2. The maximum Gasteiger partial charge on any atom is 0.346 e. The van der Waals surface area contributed by atoms with E-state index in [1.165, 1.54) is 18.2 Å². The molecule has 0 aliphatic heterocycles. The zero-order valence-corrected chi connectivity index (χ0v) is 21.4. The highest BCUT2D eigenvalue weighted by Gasteiger charge is 2.14. The predicted molar refractivity (Wildman–Crippen MR) is 156 cm³/mol. The number of rotatable bonds is 6. The molecule has 0 radical (unpaired) electrons. The second-order valence-corrected chi connectivity index (χ2v) is 8.80. The maximum atomic E-state index is 11.6. The van der Waals surface area contributed by atoms with Gasteiger partial charge in [0.05, 0.1) is 45.9 Å². The van der Waals surface area contributed by atoms with Crippen molar-refractivity contribution in [3.05, 3.63) is 107 Å². The number of nitriles is 3. The minimum Gasteiger partial charge on any atom is -0.477 e. The molecule has 1 N–H and O–H groups in total. The standard InChI is InChI=1S/C33H18N6O2/c34-13-5-7-21-15-29(31-18-22(8-6-14-35)25-9-1-3-11-27(25)37-31)39-30(16-21)32-19-23(17-24(20-36)33(40)41)26-10-2-4-12-28(26)38-32/h1-12,15-19H,(H,40,41)/b7-5-,8-6-,24-17+. The van der Waals surface area contributed by atoms with Crippen LogP contribution in [-0.2, 0) is 4.79 Å². The highest BCUT2D eigenvalue weighted by atomic mass is 16.4. The molecule has 8 nitrogen and oxygen atoms in total. The summed E-state index contributed by atoms with van der Waals surface area (Å²) in [5.74, 6) is -1.33. The summed E-state index contributed by atoms with van der Waals surface area (Å²) in [4.78, 5) is 26.0. The third-order valence-electron chi connectivity index (χ3n) is 6.21. The van der Waals surface area contributed by atoms with Crippen molar-refractivity contribution in [1.29, 1.82) is 15.8 Å². The smallest absolute Gasteiger partial charge is 0.346 e. The van der Waals surface area contributed by atoms with Gasteiger partial charge < -0.3 is 5.11 Å². The van der Waals surface area contributed by atoms with Crippen LogP contribution in [0.3, 0.4) is 0 Å². The van der Waals surface area contributed by atoms with Gasteiger partial charge in [-0.15, -0.1) is 0 Å². The lowest BCUT2D eigenvalue weighted by Crippen LogP contribution is -1.99. The summed E-state index contributed by atoms with van der Waals surface area (Å²) in [5, 5.41) is 38.6. The molecule has 5 aromatic rings. The molecule has 0 aliphatic carbocycles. The Kier molecular flexibility index (Phi) is 7.37. The lowest BCUT2D eigenvalue weighted by molar-refractivity contribution is -0.132. The molecule has 0 atom stereocenters. The third-order valence-corrected chi connectivity index (χ3v) is 6.21. The van der Waals surface area contributed by atoms with Crippen LogP contribution in [-0.4, -0.2) is 26.0 Å². The normalized spacial score (nSPS) is 11.5. The number of pyridine rings is 3. The molecule has 0 unspecified atom stereocenters. The van der Waals surface area contributed by atoms with Gasteiger partial charge in [-0.1, -0.05) is 36.4 Å². The molecule has 5 rings (SSSR count). The number of hydrogen-bond donors (Lipinski definition) is 1. The van der Waals surface area contributed by atoms with Crippen molar-refractivity contribution in [2.24, 2.45) is 0 Å². The first-order valence-corrected chi connectivity index (χ1v) is 12.3. The maximum absolute atomic E-state index is 11.6. The van der Waals surface area contributed by atoms with E-state index in [0.29, 0.717) is 44.8 Å². The monoisotopic (exact) mass is 530 g/mol. The minimum absolute atomic E-state index is 0.412. The van der Waals surface area contributed by atoms with E-state index in [4.69, 9.17) is 25.5 Å². The van der Waals surface area contributed by atoms with Crippen molar-refractivity contribution < 1.29 is 9.90 Å². The van der Waals surface area contributed by atoms with E-state index in [-0.39, 0.29) is 0 Å². The summed E-state index contributed by atoms with van der Waals surface area (Å²) < 4.78 is 0. The number of carboxylic acids is 1. The number of fused-ring (bicyclic) bond motifs is 2. The average Bonchev–Trinajstić information content (AvgIpc) is 3.00. The van der Waals surface area contributed by atoms with Crippen LogP contribution in [0, 0.1) is 34.0 Å². The molecule has 192 valence electrons. The van der Waals surface area contributed by atoms with Crippen LogP contribution < -0.4 is 0 Å². The molecule has 0 amide bonds. The van der Waals surface area contributed by atoms with Crippen LogP contribution in [0.2, 0.25) is 0 Å². The Morgan fingerprint density at radius 1 is 0.683 bits per heavy atom. The molecule has 8 heteroatoms. The first-order valence-electron chi connectivity index (χ1n) is 12.3. The molecule has 0 saturated carbocycles. The Morgan fingerprint density at radius 3 is 1.76 bits per heavy atom.